The van der Waals surface area contributed by atoms with Crippen molar-refractivity contribution in [1.29, 1.82) is 0 Å². The summed E-state index contributed by atoms with van der Waals surface area (Å²) in [5, 5.41) is 28.7. The zero-order chi connectivity index (χ0) is 20.5. The Morgan fingerprint density at radius 1 is 0.571 bits per heavy atom. The molecule has 3 nitrogen and oxygen atoms in total. The van der Waals surface area contributed by atoms with Gasteiger partial charge in [0.25, 0.3) is 0 Å². The number of benzene rings is 1. The summed E-state index contributed by atoms with van der Waals surface area (Å²) in [6.45, 7) is 2.14. The molecule has 0 atom stereocenters. The number of aromatic hydroxyl groups is 3. The fourth-order valence-corrected chi connectivity index (χ4v) is 2.39. The Balaban J connectivity index is 2.16. The molecule has 150 valence electrons. The summed E-state index contributed by atoms with van der Waals surface area (Å²) in [5.41, 5.74) is 0.310. The van der Waals surface area contributed by atoms with Crippen LogP contribution in [0.15, 0.2) is 79.0 Å². The van der Waals surface area contributed by atoms with Crippen LogP contribution in [0.25, 0.3) is 6.08 Å². The van der Waals surface area contributed by atoms with Crippen LogP contribution in [0.2, 0.25) is 0 Å². The lowest BCUT2D eigenvalue weighted by Gasteiger charge is -2.03. The monoisotopic (exact) mass is 380 g/mol. The molecule has 1 rings (SSSR count). The van der Waals surface area contributed by atoms with E-state index in [9.17, 15) is 15.3 Å². The van der Waals surface area contributed by atoms with Crippen LogP contribution in [-0.2, 0) is 0 Å². The molecular formula is C25H32O3. The largest absolute Gasteiger partial charge is 0.508 e. The van der Waals surface area contributed by atoms with Crippen LogP contribution in [0.1, 0.15) is 51.0 Å². The first-order chi connectivity index (χ1) is 13.6. The van der Waals surface area contributed by atoms with E-state index >= 15 is 0 Å². The van der Waals surface area contributed by atoms with Gasteiger partial charge in [-0.1, -0.05) is 79.8 Å². The van der Waals surface area contributed by atoms with Crippen molar-refractivity contribution >= 4 is 6.08 Å². The van der Waals surface area contributed by atoms with Gasteiger partial charge in [-0.05, 0) is 38.5 Å². The number of hydrogen-bond acceptors (Lipinski definition) is 3. The van der Waals surface area contributed by atoms with Crippen molar-refractivity contribution in [3.05, 3.63) is 84.5 Å². The molecule has 0 aromatic heterocycles. The second-order valence-corrected chi connectivity index (χ2v) is 6.24. The second-order valence-electron chi connectivity index (χ2n) is 6.24. The van der Waals surface area contributed by atoms with Gasteiger partial charge < -0.3 is 15.3 Å². The molecule has 0 bridgehead atoms. The minimum absolute atomic E-state index is 0.141. The van der Waals surface area contributed by atoms with Gasteiger partial charge in [0.1, 0.15) is 17.2 Å². The molecule has 0 saturated heterocycles. The zero-order valence-corrected chi connectivity index (χ0v) is 16.7. The van der Waals surface area contributed by atoms with E-state index in [1.54, 1.807) is 6.08 Å². The first-order valence-electron chi connectivity index (χ1n) is 9.81. The van der Waals surface area contributed by atoms with Gasteiger partial charge in [0.2, 0.25) is 0 Å². The molecule has 0 amide bonds. The molecule has 0 radical (unpaired) electrons. The predicted octanol–water partition coefficient (Wildman–Crippen LogP) is 6.96. The van der Waals surface area contributed by atoms with Crippen LogP contribution in [0, 0.1) is 0 Å². The highest BCUT2D eigenvalue weighted by molar-refractivity contribution is 5.65. The van der Waals surface area contributed by atoms with Gasteiger partial charge in [0.05, 0.1) is 5.56 Å². The number of hydrogen-bond donors (Lipinski definition) is 3. The van der Waals surface area contributed by atoms with E-state index in [4.69, 9.17) is 0 Å². The maximum Gasteiger partial charge on any atom is 0.130 e. The Morgan fingerprint density at radius 3 is 1.32 bits per heavy atom. The van der Waals surface area contributed by atoms with E-state index < -0.39 is 0 Å². The van der Waals surface area contributed by atoms with E-state index in [0.29, 0.717) is 12.0 Å². The smallest absolute Gasteiger partial charge is 0.130 e. The summed E-state index contributed by atoms with van der Waals surface area (Å²) in [4.78, 5) is 0. The molecule has 1 aromatic rings. The van der Waals surface area contributed by atoms with E-state index in [-0.39, 0.29) is 17.2 Å². The van der Waals surface area contributed by atoms with Gasteiger partial charge in [0.15, 0.2) is 0 Å². The van der Waals surface area contributed by atoms with Gasteiger partial charge in [-0.2, -0.15) is 0 Å². The Bertz CT molecular complexity index is 711. The lowest BCUT2D eigenvalue weighted by Crippen LogP contribution is -1.77. The average molecular weight is 381 g/mol. The standard InChI is InChI=1S/C25H32O3/c1-2-3-4-5-6-7-8-9-10-11-12-13-14-15-16-17-18-19-23-24(27)20-22(26)21-25(23)28/h3-4,6-7,9-10,12-13,15-16,18-21,26-28H,2,5,8,11,14,17H2,1H3/b4-3-,7-6-,10-9-,13-12-,16-15-,19-18-. The van der Waals surface area contributed by atoms with Gasteiger partial charge in [-0.25, -0.2) is 0 Å². The Kier molecular flexibility index (Phi) is 12.5. The third-order valence-corrected chi connectivity index (χ3v) is 3.84. The molecule has 1 aromatic carbocycles. The first kappa shape index (κ1) is 23.1. The zero-order valence-electron chi connectivity index (χ0n) is 16.7. The SMILES string of the molecule is CC/C=C\C/C=C\C/C=C\C/C=C\C/C=C\C/C=C\c1c(O)cc(O)cc1O. The molecule has 0 aliphatic heterocycles. The van der Waals surface area contributed by atoms with Crippen LogP contribution in [0.5, 0.6) is 17.2 Å². The maximum absolute atomic E-state index is 9.70. The van der Waals surface area contributed by atoms with Crippen LogP contribution in [0.4, 0.5) is 0 Å². The van der Waals surface area contributed by atoms with Gasteiger partial charge in [-0.15, -0.1) is 0 Å². The number of phenols is 3. The lowest BCUT2D eigenvalue weighted by molar-refractivity contribution is 0.426. The molecule has 3 heteroatoms. The Labute approximate surface area is 169 Å². The van der Waals surface area contributed by atoms with Crippen molar-refractivity contribution in [1.82, 2.24) is 0 Å². The van der Waals surface area contributed by atoms with Crippen molar-refractivity contribution in [2.75, 3.05) is 0 Å². The van der Waals surface area contributed by atoms with Crippen molar-refractivity contribution in [2.45, 2.75) is 45.4 Å². The summed E-state index contributed by atoms with van der Waals surface area (Å²) >= 11 is 0. The number of rotatable bonds is 12. The topological polar surface area (TPSA) is 60.7 Å². The summed E-state index contributed by atoms with van der Waals surface area (Å²) in [7, 11) is 0. The lowest BCUT2D eigenvalue weighted by atomic mass is 10.1. The average Bonchev–Trinajstić information content (AvgIpc) is 2.66. The van der Waals surface area contributed by atoms with Crippen LogP contribution in [0.3, 0.4) is 0 Å². The fourth-order valence-electron chi connectivity index (χ4n) is 2.39. The summed E-state index contributed by atoms with van der Waals surface area (Å²) in [6.07, 6.45) is 30.6. The minimum Gasteiger partial charge on any atom is -0.508 e. The predicted molar refractivity (Wildman–Crippen MR) is 120 cm³/mol. The second kappa shape index (κ2) is 15.2. The summed E-state index contributed by atoms with van der Waals surface area (Å²) in [6, 6.07) is 2.41. The van der Waals surface area contributed by atoms with Crippen LogP contribution in [-0.4, -0.2) is 15.3 Å². The van der Waals surface area contributed by atoms with Crippen molar-refractivity contribution in [2.24, 2.45) is 0 Å². The molecule has 0 spiro atoms. The molecule has 28 heavy (non-hydrogen) atoms. The third-order valence-electron chi connectivity index (χ3n) is 3.84. The molecule has 3 N–H and O–H groups in total. The highest BCUT2D eigenvalue weighted by Gasteiger charge is 2.05. The van der Waals surface area contributed by atoms with Gasteiger partial charge >= 0.3 is 0 Å². The maximum atomic E-state index is 9.70. The molecule has 0 fully saturated rings. The Morgan fingerprint density at radius 2 is 0.929 bits per heavy atom. The van der Waals surface area contributed by atoms with E-state index in [2.05, 4.69) is 61.6 Å². The molecule has 0 heterocycles. The molecule has 0 saturated carbocycles. The summed E-state index contributed by atoms with van der Waals surface area (Å²) in [5.74, 6) is -0.444. The normalized spacial score (nSPS) is 12.9. The van der Waals surface area contributed by atoms with Crippen LogP contribution >= 0.6 is 0 Å². The molecule has 0 aliphatic rings. The van der Waals surface area contributed by atoms with Crippen LogP contribution < -0.4 is 0 Å². The third kappa shape index (κ3) is 10.9. The summed E-state index contributed by atoms with van der Waals surface area (Å²) < 4.78 is 0. The van der Waals surface area contributed by atoms with E-state index in [0.717, 1.165) is 32.1 Å². The van der Waals surface area contributed by atoms with Gasteiger partial charge in [0, 0.05) is 12.1 Å². The van der Waals surface area contributed by atoms with Gasteiger partial charge in [-0.3, -0.25) is 0 Å². The number of allylic oxidation sites excluding steroid dienone is 11. The molecule has 0 aliphatic carbocycles. The molecule has 0 unspecified atom stereocenters. The first-order valence-corrected chi connectivity index (χ1v) is 9.81. The van der Waals surface area contributed by atoms with Crippen molar-refractivity contribution in [3.63, 3.8) is 0 Å². The minimum atomic E-state index is -0.162. The Hall–Kier alpha value is -2.94. The van der Waals surface area contributed by atoms with E-state index in [1.807, 2.05) is 12.2 Å². The fraction of sp³-hybridized carbons (Fsp3) is 0.280. The van der Waals surface area contributed by atoms with Crippen molar-refractivity contribution < 1.29 is 15.3 Å². The number of phenolic OH excluding ortho intramolecular Hbond substituents is 3. The highest BCUT2D eigenvalue weighted by Crippen LogP contribution is 2.32. The van der Waals surface area contributed by atoms with E-state index in [1.165, 1.54) is 12.1 Å². The quantitative estimate of drug-likeness (QED) is 0.344. The highest BCUT2D eigenvalue weighted by atomic mass is 16.3. The van der Waals surface area contributed by atoms with Crippen molar-refractivity contribution in [3.8, 4) is 17.2 Å². The molecular weight excluding hydrogens is 348 g/mol.